The summed E-state index contributed by atoms with van der Waals surface area (Å²) in [6.07, 6.45) is -9.83. The molecule has 198 valence electrons. The second kappa shape index (κ2) is 10.4. The molecule has 0 radical (unpaired) electrons. The molecular formula is C21H24F3N3O7S2. The minimum Gasteiger partial charge on any atom is -0.390 e. The fourth-order valence-electron chi connectivity index (χ4n) is 3.85. The molecule has 1 aromatic heterocycles. The summed E-state index contributed by atoms with van der Waals surface area (Å²) in [5.74, 6) is -2.05. The van der Waals surface area contributed by atoms with E-state index in [9.17, 15) is 46.5 Å². The van der Waals surface area contributed by atoms with Crippen LogP contribution in [0.25, 0.3) is 0 Å². The van der Waals surface area contributed by atoms with Crippen molar-refractivity contribution < 1.29 is 46.5 Å². The molecule has 0 bridgehead atoms. The van der Waals surface area contributed by atoms with Crippen LogP contribution in [0, 0.1) is 0 Å². The van der Waals surface area contributed by atoms with Gasteiger partial charge >= 0.3 is 6.18 Å². The molecule has 36 heavy (non-hydrogen) atoms. The largest absolute Gasteiger partial charge is 0.416 e. The summed E-state index contributed by atoms with van der Waals surface area (Å²) in [7, 11) is -4.68. The zero-order valence-electron chi connectivity index (χ0n) is 18.5. The van der Waals surface area contributed by atoms with Crippen LogP contribution in [0.3, 0.4) is 0 Å². The van der Waals surface area contributed by atoms with Gasteiger partial charge in [-0.15, -0.1) is 11.3 Å². The van der Waals surface area contributed by atoms with Crippen LogP contribution in [0.15, 0.2) is 46.7 Å². The second-order valence-corrected chi connectivity index (χ2v) is 11.2. The van der Waals surface area contributed by atoms with Crippen molar-refractivity contribution >= 4 is 33.2 Å². The molecular weight excluding hydrogens is 527 g/mol. The van der Waals surface area contributed by atoms with Crippen molar-refractivity contribution in [2.45, 2.75) is 60.2 Å². The molecule has 1 aliphatic rings. The normalized spacial score (nSPS) is 25.8. The Morgan fingerprint density at radius 2 is 1.89 bits per heavy atom. The Bertz CT molecular complexity index is 1210. The first-order valence-electron chi connectivity index (χ1n) is 10.5. The van der Waals surface area contributed by atoms with E-state index in [1.165, 1.54) is 11.3 Å². The molecule has 1 fully saturated rings. The highest BCUT2D eigenvalue weighted by Crippen LogP contribution is 2.33. The molecule has 1 saturated carbocycles. The average Bonchev–Trinajstić information content (AvgIpc) is 3.29. The molecule has 2 amide bonds. The Morgan fingerprint density at radius 3 is 2.47 bits per heavy atom. The van der Waals surface area contributed by atoms with Crippen LogP contribution in [0.5, 0.6) is 0 Å². The van der Waals surface area contributed by atoms with Crippen LogP contribution in [0.2, 0.25) is 0 Å². The van der Waals surface area contributed by atoms with Gasteiger partial charge in [-0.05, 0) is 29.6 Å². The Balaban J connectivity index is 1.80. The lowest BCUT2D eigenvalue weighted by molar-refractivity contribution is -0.158. The van der Waals surface area contributed by atoms with Crippen LogP contribution in [-0.2, 0) is 32.2 Å². The maximum Gasteiger partial charge on any atom is 0.416 e. The summed E-state index contributed by atoms with van der Waals surface area (Å²) in [5.41, 5.74) is 1.68. The fraction of sp³-hybridized carbons (Fsp3) is 0.429. The van der Waals surface area contributed by atoms with Crippen molar-refractivity contribution in [2.75, 3.05) is 0 Å². The number of amides is 2. The Kier molecular flexibility index (Phi) is 8.12. The number of benzene rings is 1. The SMILES string of the molecule is NC(=O)C(Cc1cccs1)NC(=O)C1(O)CC(O)C(O)C(NS(=O)(=O)c2cccc(C(F)(F)F)c2)C1. The number of carbonyl (C=O) groups excluding carboxylic acids is 2. The van der Waals surface area contributed by atoms with E-state index in [-0.39, 0.29) is 6.42 Å². The Hall–Kier alpha value is -2.56. The van der Waals surface area contributed by atoms with Crippen LogP contribution >= 0.6 is 11.3 Å². The van der Waals surface area contributed by atoms with E-state index >= 15 is 0 Å². The fourth-order valence-corrected chi connectivity index (χ4v) is 5.90. The van der Waals surface area contributed by atoms with E-state index in [4.69, 9.17) is 5.73 Å². The molecule has 0 saturated heterocycles. The van der Waals surface area contributed by atoms with E-state index in [2.05, 4.69) is 5.32 Å². The van der Waals surface area contributed by atoms with Gasteiger partial charge in [-0.25, -0.2) is 13.1 Å². The highest BCUT2D eigenvalue weighted by atomic mass is 32.2. The molecule has 0 spiro atoms. The van der Waals surface area contributed by atoms with Crippen molar-refractivity contribution in [3.63, 3.8) is 0 Å². The molecule has 3 rings (SSSR count). The quantitative estimate of drug-likeness (QED) is 0.265. The lowest BCUT2D eigenvalue weighted by Crippen LogP contribution is -2.64. The molecule has 1 aromatic carbocycles. The number of rotatable bonds is 8. The molecule has 0 aliphatic heterocycles. The van der Waals surface area contributed by atoms with Gasteiger partial charge in [0, 0.05) is 24.1 Å². The zero-order chi connectivity index (χ0) is 26.9. The van der Waals surface area contributed by atoms with E-state index in [0.717, 1.165) is 12.1 Å². The van der Waals surface area contributed by atoms with Crippen molar-refractivity contribution in [2.24, 2.45) is 5.73 Å². The molecule has 1 aliphatic carbocycles. The topological polar surface area (TPSA) is 179 Å². The summed E-state index contributed by atoms with van der Waals surface area (Å²) in [6.45, 7) is 0. The molecule has 15 heteroatoms. The molecule has 10 nitrogen and oxygen atoms in total. The average molecular weight is 552 g/mol. The minimum atomic E-state index is -4.81. The number of nitrogens with two attached hydrogens (primary N) is 1. The third-order valence-corrected chi connectivity index (χ3v) is 8.13. The lowest BCUT2D eigenvalue weighted by Gasteiger charge is -2.41. The second-order valence-electron chi connectivity index (χ2n) is 8.46. The number of hydrogen-bond acceptors (Lipinski definition) is 8. The molecule has 5 unspecified atom stereocenters. The predicted octanol–water partition coefficient (Wildman–Crippen LogP) is -0.127. The molecule has 5 atom stereocenters. The number of sulfonamides is 1. The molecule has 2 aromatic rings. The summed E-state index contributed by atoms with van der Waals surface area (Å²) in [4.78, 5) is 24.7. The number of hydrogen-bond donors (Lipinski definition) is 6. The third-order valence-electron chi connectivity index (χ3n) is 5.75. The standard InChI is InChI=1S/C21H24F3N3O7S2/c22-21(23,24)11-3-1-5-13(7-11)36(33,34)27-15-9-20(32,10-16(28)17(15)29)19(31)26-14(18(25)30)8-12-4-2-6-35-12/h1-7,14-17,27-29,32H,8-10H2,(H2,25,30)(H,26,31). The number of thiophene rings is 1. The van der Waals surface area contributed by atoms with E-state index in [1.54, 1.807) is 17.5 Å². The van der Waals surface area contributed by atoms with Gasteiger partial charge in [0.25, 0.3) is 5.91 Å². The van der Waals surface area contributed by atoms with Crippen molar-refractivity contribution in [1.82, 2.24) is 10.0 Å². The van der Waals surface area contributed by atoms with Gasteiger partial charge in [0.1, 0.15) is 11.6 Å². The summed E-state index contributed by atoms with van der Waals surface area (Å²) >= 11 is 1.30. The molecule has 1 heterocycles. The first-order chi connectivity index (χ1) is 16.6. The summed E-state index contributed by atoms with van der Waals surface area (Å²) in [6, 6.07) is 3.35. The Labute approximate surface area is 208 Å². The van der Waals surface area contributed by atoms with E-state index in [0.29, 0.717) is 17.0 Å². The molecule has 7 N–H and O–H groups in total. The van der Waals surface area contributed by atoms with Gasteiger partial charge in [-0.2, -0.15) is 13.2 Å². The van der Waals surface area contributed by atoms with Crippen molar-refractivity contribution in [3.8, 4) is 0 Å². The minimum absolute atomic E-state index is 0.0194. The van der Waals surface area contributed by atoms with Gasteiger partial charge in [-0.1, -0.05) is 12.1 Å². The van der Waals surface area contributed by atoms with Gasteiger partial charge in [-0.3, -0.25) is 9.59 Å². The highest BCUT2D eigenvalue weighted by Gasteiger charge is 2.50. The van der Waals surface area contributed by atoms with Crippen molar-refractivity contribution in [1.29, 1.82) is 0 Å². The summed E-state index contributed by atoms with van der Waals surface area (Å²) < 4.78 is 66.4. The Morgan fingerprint density at radius 1 is 1.19 bits per heavy atom. The van der Waals surface area contributed by atoms with Crippen LogP contribution in [-0.4, -0.2) is 65.4 Å². The van der Waals surface area contributed by atoms with Gasteiger partial charge in [0.2, 0.25) is 15.9 Å². The number of aliphatic hydroxyl groups excluding tert-OH is 2. The predicted molar refractivity (Wildman–Crippen MR) is 121 cm³/mol. The number of primary amides is 1. The third kappa shape index (κ3) is 6.41. The van der Waals surface area contributed by atoms with Crippen LogP contribution in [0.1, 0.15) is 23.3 Å². The first kappa shape index (κ1) is 28.0. The smallest absolute Gasteiger partial charge is 0.390 e. The number of halogens is 3. The van der Waals surface area contributed by atoms with E-state index in [1.807, 2.05) is 4.72 Å². The number of nitrogens with one attached hydrogen (secondary N) is 2. The van der Waals surface area contributed by atoms with E-state index < -0.39 is 81.2 Å². The summed E-state index contributed by atoms with van der Waals surface area (Å²) in [5, 5.41) is 35.5. The number of aliphatic hydroxyl groups is 3. The van der Waals surface area contributed by atoms with Crippen molar-refractivity contribution in [3.05, 3.63) is 52.2 Å². The highest BCUT2D eigenvalue weighted by molar-refractivity contribution is 7.89. The lowest BCUT2D eigenvalue weighted by atomic mass is 9.78. The number of alkyl halides is 3. The maximum atomic E-state index is 13.0. The van der Waals surface area contributed by atoms with Crippen LogP contribution < -0.4 is 15.8 Å². The first-order valence-corrected chi connectivity index (χ1v) is 12.9. The van der Waals surface area contributed by atoms with Crippen LogP contribution in [0.4, 0.5) is 13.2 Å². The zero-order valence-corrected chi connectivity index (χ0v) is 20.1. The maximum absolute atomic E-state index is 13.0. The monoisotopic (exact) mass is 551 g/mol. The van der Waals surface area contributed by atoms with Gasteiger partial charge in [0.15, 0.2) is 0 Å². The van der Waals surface area contributed by atoms with Gasteiger partial charge in [0.05, 0.1) is 28.7 Å². The number of carbonyl (C=O) groups is 2. The van der Waals surface area contributed by atoms with Gasteiger partial charge < -0.3 is 26.4 Å².